The van der Waals surface area contributed by atoms with Crippen molar-refractivity contribution in [3.8, 4) is 5.75 Å². The molecule has 1 aromatic carbocycles. The van der Waals surface area contributed by atoms with Gasteiger partial charge in [0.25, 0.3) is 5.91 Å². The Labute approximate surface area is 115 Å². The van der Waals surface area contributed by atoms with Crippen molar-refractivity contribution in [1.82, 2.24) is 5.32 Å². The van der Waals surface area contributed by atoms with Crippen molar-refractivity contribution in [2.75, 3.05) is 13.2 Å². The molecule has 0 fully saturated rings. The summed E-state index contributed by atoms with van der Waals surface area (Å²) in [5.74, 6) is 0.429. The van der Waals surface area contributed by atoms with Gasteiger partial charge < -0.3 is 15.8 Å². The average molecular weight is 313 g/mol. The summed E-state index contributed by atoms with van der Waals surface area (Å²) in [6.07, 6.45) is 1.62. The summed E-state index contributed by atoms with van der Waals surface area (Å²) >= 11 is 3.36. The van der Waals surface area contributed by atoms with E-state index in [9.17, 15) is 4.79 Å². The summed E-state index contributed by atoms with van der Waals surface area (Å²) in [6.45, 7) is 5.78. The van der Waals surface area contributed by atoms with E-state index in [0.717, 1.165) is 10.0 Å². The molecule has 0 aliphatic rings. The van der Waals surface area contributed by atoms with E-state index >= 15 is 0 Å². The Kier molecular flexibility index (Phi) is 5.88. The van der Waals surface area contributed by atoms with Crippen molar-refractivity contribution < 1.29 is 9.53 Å². The molecule has 1 atom stereocenters. The van der Waals surface area contributed by atoms with Crippen LogP contribution < -0.4 is 15.8 Å². The van der Waals surface area contributed by atoms with Crippen LogP contribution >= 0.6 is 15.9 Å². The second-order valence-corrected chi connectivity index (χ2v) is 4.77. The predicted molar refractivity (Wildman–Crippen MR) is 75.4 cm³/mol. The number of rotatable bonds is 6. The van der Waals surface area contributed by atoms with Crippen LogP contribution in [0.3, 0.4) is 0 Å². The van der Waals surface area contributed by atoms with Crippen molar-refractivity contribution in [3.63, 3.8) is 0 Å². The molecule has 4 nitrogen and oxygen atoms in total. The highest BCUT2D eigenvalue weighted by Crippen LogP contribution is 2.27. The smallest absolute Gasteiger partial charge is 0.258 e. The highest BCUT2D eigenvalue weighted by atomic mass is 79.9. The van der Waals surface area contributed by atoms with Gasteiger partial charge in [0.2, 0.25) is 0 Å². The molecule has 0 bridgehead atoms. The number of hydrogen-bond acceptors (Lipinski definition) is 3. The lowest BCUT2D eigenvalue weighted by atomic mass is 10.1. The van der Waals surface area contributed by atoms with Crippen LogP contribution in [0.15, 0.2) is 35.3 Å². The van der Waals surface area contributed by atoms with Crippen LogP contribution in [0.4, 0.5) is 0 Å². The van der Waals surface area contributed by atoms with Gasteiger partial charge in [0, 0.05) is 22.6 Å². The second kappa shape index (κ2) is 7.18. The number of benzene rings is 1. The zero-order valence-electron chi connectivity index (χ0n) is 10.3. The third-order valence-corrected chi connectivity index (χ3v) is 2.76. The molecule has 0 aliphatic heterocycles. The first-order chi connectivity index (χ1) is 8.54. The predicted octanol–water partition coefficient (Wildman–Crippen LogP) is 2.15. The number of nitrogens with one attached hydrogen (secondary N) is 1. The van der Waals surface area contributed by atoms with E-state index in [1.165, 1.54) is 0 Å². The summed E-state index contributed by atoms with van der Waals surface area (Å²) in [4.78, 5) is 11.4. The van der Waals surface area contributed by atoms with E-state index in [4.69, 9.17) is 10.5 Å². The number of amides is 1. The van der Waals surface area contributed by atoms with Crippen molar-refractivity contribution in [2.24, 2.45) is 5.73 Å². The summed E-state index contributed by atoms with van der Waals surface area (Å²) in [5.41, 5.74) is 6.71. The SMILES string of the molecule is C=CCNC(=O)COc1cc(Br)ccc1C(C)N. The van der Waals surface area contributed by atoms with Crippen molar-refractivity contribution in [1.29, 1.82) is 0 Å². The van der Waals surface area contributed by atoms with Gasteiger partial charge in [-0.2, -0.15) is 0 Å². The molecule has 3 N–H and O–H groups in total. The van der Waals surface area contributed by atoms with E-state index < -0.39 is 0 Å². The molecule has 0 heterocycles. The molecule has 1 aromatic rings. The Hall–Kier alpha value is -1.33. The fraction of sp³-hybridized carbons (Fsp3) is 0.308. The van der Waals surface area contributed by atoms with Crippen LogP contribution in [0.2, 0.25) is 0 Å². The first kappa shape index (κ1) is 14.7. The Morgan fingerprint density at radius 1 is 1.67 bits per heavy atom. The van der Waals surface area contributed by atoms with Crippen molar-refractivity contribution >= 4 is 21.8 Å². The van der Waals surface area contributed by atoms with Gasteiger partial charge in [-0.15, -0.1) is 6.58 Å². The molecule has 0 saturated heterocycles. The van der Waals surface area contributed by atoms with Gasteiger partial charge in [-0.1, -0.05) is 28.1 Å². The molecule has 0 aromatic heterocycles. The molecule has 0 aliphatic carbocycles. The minimum atomic E-state index is -0.189. The third kappa shape index (κ3) is 4.50. The maximum atomic E-state index is 11.4. The summed E-state index contributed by atoms with van der Waals surface area (Å²) in [6, 6.07) is 5.43. The molecule has 0 radical (unpaired) electrons. The summed E-state index contributed by atoms with van der Waals surface area (Å²) in [7, 11) is 0. The van der Waals surface area contributed by atoms with E-state index in [1.807, 2.05) is 19.1 Å². The van der Waals surface area contributed by atoms with Gasteiger partial charge in [0.05, 0.1) is 0 Å². The first-order valence-electron chi connectivity index (χ1n) is 5.60. The van der Waals surface area contributed by atoms with Crippen LogP contribution in [-0.4, -0.2) is 19.1 Å². The topological polar surface area (TPSA) is 64.3 Å². The lowest BCUT2D eigenvalue weighted by Gasteiger charge is -2.14. The van der Waals surface area contributed by atoms with E-state index in [2.05, 4.69) is 27.8 Å². The maximum Gasteiger partial charge on any atom is 0.258 e. The number of hydrogen-bond donors (Lipinski definition) is 2. The summed E-state index contributed by atoms with van der Waals surface area (Å²) in [5, 5.41) is 2.64. The molecule has 1 amide bonds. The molecule has 1 rings (SSSR count). The van der Waals surface area contributed by atoms with Crippen LogP contribution in [0, 0.1) is 0 Å². The Morgan fingerprint density at radius 2 is 2.39 bits per heavy atom. The van der Waals surface area contributed by atoms with E-state index in [-0.39, 0.29) is 18.6 Å². The van der Waals surface area contributed by atoms with Crippen LogP contribution in [0.1, 0.15) is 18.5 Å². The lowest BCUT2D eigenvalue weighted by Crippen LogP contribution is -2.29. The zero-order valence-corrected chi connectivity index (χ0v) is 11.9. The monoisotopic (exact) mass is 312 g/mol. The largest absolute Gasteiger partial charge is 0.483 e. The number of carbonyl (C=O) groups is 1. The number of halogens is 1. The number of carbonyl (C=O) groups excluding carboxylic acids is 1. The van der Waals surface area contributed by atoms with Gasteiger partial charge >= 0.3 is 0 Å². The highest BCUT2D eigenvalue weighted by Gasteiger charge is 2.10. The minimum Gasteiger partial charge on any atom is -0.483 e. The van der Waals surface area contributed by atoms with Crippen molar-refractivity contribution in [3.05, 3.63) is 40.9 Å². The third-order valence-electron chi connectivity index (χ3n) is 2.27. The van der Waals surface area contributed by atoms with Gasteiger partial charge in [-0.3, -0.25) is 4.79 Å². The minimum absolute atomic E-state index is 0.0377. The Morgan fingerprint density at radius 3 is 3.00 bits per heavy atom. The normalized spacial score (nSPS) is 11.7. The number of nitrogens with two attached hydrogens (primary N) is 1. The molecule has 1 unspecified atom stereocenters. The molecule has 5 heteroatoms. The first-order valence-corrected chi connectivity index (χ1v) is 6.39. The van der Waals surface area contributed by atoms with Crippen molar-refractivity contribution in [2.45, 2.75) is 13.0 Å². The fourth-order valence-corrected chi connectivity index (χ4v) is 1.73. The van der Waals surface area contributed by atoms with E-state index in [1.54, 1.807) is 12.1 Å². The molecule has 0 spiro atoms. The maximum absolute atomic E-state index is 11.4. The number of ether oxygens (including phenoxy) is 1. The highest BCUT2D eigenvalue weighted by molar-refractivity contribution is 9.10. The Balaban J connectivity index is 2.68. The quantitative estimate of drug-likeness (QED) is 0.791. The molecular formula is C13H17BrN2O2. The fourth-order valence-electron chi connectivity index (χ4n) is 1.39. The van der Waals surface area contributed by atoms with Gasteiger partial charge in [0.1, 0.15) is 5.75 Å². The average Bonchev–Trinajstić information content (AvgIpc) is 2.33. The molecule has 0 saturated carbocycles. The standard InChI is InChI=1S/C13H17BrN2O2/c1-3-6-16-13(17)8-18-12-7-10(14)4-5-11(12)9(2)15/h3-5,7,9H,1,6,8,15H2,2H3,(H,16,17). The molecule has 18 heavy (non-hydrogen) atoms. The van der Waals surface area contributed by atoms with Gasteiger partial charge in [-0.25, -0.2) is 0 Å². The Bertz CT molecular complexity index is 433. The molecular weight excluding hydrogens is 296 g/mol. The van der Waals surface area contributed by atoms with Gasteiger partial charge in [-0.05, 0) is 19.1 Å². The van der Waals surface area contributed by atoms with Crippen LogP contribution in [0.25, 0.3) is 0 Å². The van der Waals surface area contributed by atoms with Gasteiger partial charge in [0.15, 0.2) is 6.61 Å². The zero-order chi connectivity index (χ0) is 13.5. The lowest BCUT2D eigenvalue weighted by molar-refractivity contribution is -0.122. The summed E-state index contributed by atoms with van der Waals surface area (Å²) < 4.78 is 6.36. The molecule has 98 valence electrons. The van der Waals surface area contributed by atoms with Crippen LogP contribution in [-0.2, 0) is 4.79 Å². The van der Waals surface area contributed by atoms with E-state index in [0.29, 0.717) is 12.3 Å². The second-order valence-electron chi connectivity index (χ2n) is 3.85. The van der Waals surface area contributed by atoms with Crippen LogP contribution in [0.5, 0.6) is 5.75 Å².